The number of rotatable bonds is 4. The van der Waals surface area contributed by atoms with E-state index in [-0.39, 0.29) is 6.29 Å². The Labute approximate surface area is 114 Å². The summed E-state index contributed by atoms with van der Waals surface area (Å²) < 4.78 is 0. The minimum atomic E-state index is -0.244. The van der Waals surface area contributed by atoms with Crippen molar-refractivity contribution in [2.24, 2.45) is 10.7 Å². The Morgan fingerprint density at radius 1 is 1.42 bits per heavy atom. The highest BCUT2D eigenvalue weighted by atomic mass is 15.2. The van der Waals surface area contributed by atoms with Gasteiger partial charge < -0.3 is 0 Å². The summed E-state index contributed by atoms with van der Waals surface area (Å²) in [4.78, 5) is 4.25. The molecular formula is C16H21N3. The van der Waals surface area contributed by atoms with Crippen molar-refractivity contribution in [2.45, 2.75) is 26.6 Å². The molecule has 1 atom stereocenters. The first kappa shape index (κ1) is 13.7. The van der Waals surface area contributed by atoms with Crippen LogP contribution in [0.4, 0.5) is 0 Å². The average Bonchev–Trinajstić information content (AvgIpc) is 2.84. The molecule has 100 valence electrons. The number of aryl methyl sites for hydroxylation is 1. The van der Waals surface area contributed by atoms with Crippen LogP contribution in [0.1, 0.15) is 25.0 Å². The molecule has 0 amide bonds. The summed E-state index contributed by atoms with van der Waals surface area (Å²) >= 11 is 0. The Bertz CT molecular complexity index is 509. The van der Waals surface area contributed by atoms with Gasteiger partial charge in [-0.2, -0.15) is 0 Å². The largest absolute Gasteiger partial charge is 0.297 e. The van der Waals surface area contributed by atoms with Crippen molar-refractivity contribution < 1.29 is 0 Å². The Kier molecular flexibility index (Phi) is 4.66. The van der Waals surface area contributed by atoms with Crippen LogP contribution in [0.15, 0.2) is 47.5 Å². The molecule has 0 fully saturated rings. The van der Waals surface area contributed by atoms with Crippen LogP contribution in [0.3, 0.4) is 0 Å². The third-order valence-electron chi connectivity index (χ3n) is 3.25. The Morgan fingerprint density at radius 3 is 2.74 bits per heavy atom. The lowest BCUT2D eigenvalue weighted by Crippen LogP contribution is -2.30. The fraction of sp³-hybridized carbons (Fsp3) is 0.312. The van der Waals surface area contributed by atoms with Gasteiger partial charge in [0.15, 0.2) is 6.29 Å². The molecule has 0 radical (unpaired) electrons. The van der Waals surface area contributed by atoms with Crippen LogP contribution >= 0.6 is 0 Å². The molecule has 0 aliphatic carbocycles. The van der Waals surface area contributed by atoms with Crippen LogP contribution in [-0.4, -0.2) is 18.5 Å². The van der Waals surface area contributed by atoms with E-state index in [9.17, 15) is 0 Å². The molecule has 3 nitrogen and oxygen atoms in total. The number of nitrogens with two attached hydrogens (primary N) is 1. The van der Waals surface area contributed by atoms with E-state index < -0.39 is 0 Å². The highest BCUT2D eigenvalue weighted by Crippen LogP contribution is 2.15. The van der Waals surface area contributed by atoms with Gasteiger partial charge in [-0.1, -0.05) is 43.3 Å². The predicted molar refractivity (Wildman–Crippen MR) is 82.0 cm³/mol. The number of benzene rings is 1. The molecule has 3 heteroatoms. The molecule has 1 unspecified atom stereocenters. The summed E-state index contributed by atoms with van der Waals surface area (Å²) in [7, 11) is 0. The second-order valence-electron chi connectivity index (χ2n) is 4.71. The van der Waals surface area contributed by atoms with E-state index in [1.165, 1.54) is 16.7 Å². The fourth-order valence-electron chi connectivity index (χ4n) is 1.98. The standard InChI is InChI=1S/C16H21N3/c1-3-13-7-9-14(10-8-13)12(2)5-4-6-15-11-18-16(17)19-15/h4-10,16,18H,3,11,17H2,1-2H3/b6-4-,12-5+. The molecule has 2 rings (SSSR count). The van der Waals surface area contributed by atoms with E-state index in [1.807, 2.05) is 12.2 Å². The van der Waals surface area contributed by atoms with E-state index in [0.717, 1.165) is 18.7 Å². The van der Waals surface area contributed by atoms with Crippen molar-refractivity contribution in [3.05, 3.63) is 53.6 Å². The molecule has 3 N–H and O–H groups in total. The summed E-state index contributed by atoms with van der Waals surface area (Å²) in [6.45, 7) is 5.03. The first-order valence-electron chi connectivity index (χ1n) is 6.69. The lowest BCUT2D eigenvalue weighted by Gasteiger charge is -2.02. The van der Waals surface area contributed by atoms with E-state index in [0.29, 0.717) is 0 Å². The number of nitrogens with one attached hydrogen (secondary N) is 1. The summed E-state index contributed by atoms with van der Waals surface area (Å²) in [5, 5.41) is 3.05. The van der Waals surface area contributed by atoms with Crippen LogP contribution < -0.4 is 11.1 Å². The zero-order valence-corrected chi connectivity index (χ0v) is 11.6. The number of hydrogen-bond donors (Lipinski definition) is 2. The van der Waals surface area contributed by atoms with E-state index in [2.05, 4.69) is 54.5 Å². The number of nitrogens with zero attached hydrogens (tertiary/aromatic N) is 1. The minimum Gasteiger partial charge on any atom is -0.297 e. The lowest BCUT2D eigenvalue weighted by molar-refractivity contribution is 0.630. The maximum Gasteiger partial charge on any atom is 0.151 e. The number of allylic oxidation sites excluding steroid dienone is 3. The van der Waals surface area contributed by atoms with Gasteiger partial charge in [0.25, 0.3) is 0 Å². The normalized spacial score (nSPS) is 20.1. The Hall–Kier alpha value is -1.71. The van der Waals surface area contributed by atoms with Gasteiger partial charge in [-0.15, -0.1) is 0 Å². The molecule has 19 heavy (non-hydrogen) atoms. The first-order chi connectivity index (χ1) is 9.19. The second-order valence-corrected chi connectivity index (χ2v) is 4.71. The van der Waals surface area contributed by atoms with Crippen molar-refractivity contribution >= 4 is 11.3 Å². The zero-order valence-electron chi connectivity index (χ0n) is 11.6. The third kappa shape index (κ3) is 3.88. The van der Waals surface area contributed by atoms with E-state index in [4.69, 9.17) is 5.73 Å². The molecule has 0 aromatic heterocycles. The predicted octanol–water partition coefficient (Wildman–Crippen LogP) is 2.50. The van der Waals surface area contributed by atoms with Gasteiger partial charge in [-0.3, -0.25) is 16.0 Å². The SMILES string of the molecule is CCc1ccc(/C(C)=C/C=C\C2=NC(N)NC2)cc1. The molecule has 0 spiro atoms. The van der Waals surface area contributed by atoms with Crippen LogP contribution in [-0.2, 0) is 6.42 Å². The molecule has 0 saturated carbocycles. The van der Waals surface area contributed by atoms with Crippen LogP contribution in [0.25, 0.3) is 5.57 Å². The minimum absolute atomic E-state index is 0.244. The third-order valence-corrected chi connectivity index (χ3v) is 3.25. The Balaban J connectivity index is 2.02. The van der Waals surface area contributed by atoms with Gasteiger partial charge in [0, 0.05) is 6.54 Å². The monoisotopic (exact) mass is 255 g/mol. The summed E-state index contributed by atoms with van der Waals surface area (Å²) in [6, 6.07) is 8.70. The maximum absolute atomic E-state index is 5.63. The molecule has 1 aromatic carbocycles. The van der Waals surface area contributed by atoms with Gasteiger partial charge in [0.2, 0.25) is 0 Å². The van der Waals surface area contributed by atoms with Gasteiger partial charge >= 0.3 is 0 Å². The van der Waals surface area contributed by atoms with Crippen LogP contribution in [0.2, 0.25) is 0 Å². The van der Waals surface area contributed by atoms with E-state index >= 15 is 0 Å². The smallest absolute Gasteiger partial charge is 0.151 e. The molecule has 1 aliphatic rings. The summed E-state index contributed by atoms with van der Waals surface area (Å²) in [5.41, 5.74) is 10.5. The fourth-order valence-corrected chi connectivity index (χ4v) is 1.98. The molecule has 1 aromatic rings. The first-order valence-corrected chi connectivity index (χ1v) is 6.69. The quantitative estimate of drug-likeness (QED) is 0.812. The summed E-state index contributed by atoms with van der Waals surface area (Å²) in [6.07, 6.45) is 6.97. The highest BCUT2D eigenvalue weighted by molar-refractivity contribution is 5.98. The molecule has 0 bridgehead atoms. The van der Waals surface area contributed by atoms with Gasteiger partial charge in [0.05, 0.1) is 5.71 Å². The van der Waals surface area contributed by atoms with Crippen molar-refractivity contribution in [3.8, 4) is 0 Å². The van der Waals surface area contributed by atoms with Crippen LogP contribution in [0.5, 0.6) is 0 Å². The van der Waals surface area contributed by atoms with E-state index in [1.54, 1.807) is 0 Å². The second kappa shape index (κ2) is 6.45. The highest BCUT2D eigenvalue weighted by Gasteiger charge is 2.08. The summed E-state index contributed by atoms with van der Waals surface area (Å²) in [5.74, 6) is 0. The van der Waals surface area contributed by atoms with Gasteiger partial charge in [-0.05, 0) is 36.1 Å². The van der Waals surface area contributed by atoms with Crippen molar-refractivity contribution in [2.75, 3.05) is 6.54 Å². The Morgan fingerprint density at radius 2 is 2.16 bits per heavy atom. The maximum atomic E-state index is 5.63. The van der Waals surface area contributed by atoms with Crippen molar-refractivity contribution in [3.63, 3.8) is 0 Å². The number of hydrogen-bond acceptors (Lipinski definition) is 3. The van der Waals surface area contributed by atoms with Crippen molar-refractivity contribution in [1.82, 2.24) is 5.32 Å². The zero-order chi connectivity index (χ0) is 13.7. The van der Waals surface area contributed by atoms with Gasteiger partial charge in [0.1, 0.15) is 0 Å². The molecule has 1 aliphatic heterocycles. The average molecular weight is 255 g/mol. The topological polar surface area (TPSA) is 50.4 Å². The molecule has 1 heterocycles. The lowest BCUT2D eigenvalue weighted by atomic mass is 10.0. The van der Waals surface area contributed by atoms with Gasteiger partial charge in [-0.25, -0.2) is 0 Å². The van der Waals surface area contributed by atoms with Crippen LogP contribution in [0, 0.1) is 0 Å². The number of aliphatic imine (C=N–C) groups is 1. The van der Waals surface area contributed by atoms with Crippen molar-refractivity contribution in [1.29, 1.82) is 0 Å². The molecular weight excluding hydrogens is 234 g/mol. The molecule has 0 saturated heterocycles.